The Labute approximate surface area is 96.8 Å². The Morgan fingerprint density at radius 2 is 2.00 bits per heavy atom. The molecule has 1 aliphatic rings. The molecule has 0 unspecified atom stereocenters. The van der Waals surface area contributed by atoms with Gasteiger partial charge in [-0.15, -0.1) is 0 Å². The van der Waals surface area contributed by atoms with Gasteiger partial charge in [-0.3, -0.25) is 4.79 Å². The summed E-state index contributed by atoms with van der Waals surface area (Å²) in [5.74, 6) is 0.668. The average Bonchev–Trinajstić information content (AvgIpc) is 2.30. The second kappa shape index (κ2) is 6.16. The molecule has 0 fully saturated rings. The number of carbonyl (C=O) groups is 1. The van der Waals surface area contributed by atoms with E-state index >= 15 is 0 Å². The Balaban J connectivity index is 0.000000280. The number of anilines is 1. The van der Waals surface area contributed by atoms with Gasteiger partial charge in [0, 0.05) is 0 Å². The summed E-state index contributed by atoms with van der Waals surface area (Å²) < 4.78 is 5.20. The van der Waals surface area contributed by atoms with E-state index in [-0.39, 0.29) is 12.5 Å². The van der Waals surface area contributed by atoms with Gasteiger partial charge in [-0.2, -0.15) is 0 Å². The summed E-state index contributed by atoms with van der Waals surface area (Å²) in [6, 6.07) is 5.70. The van der Waals surface area contributed by atoms with Gasteiger partial charge >= 0.3 is 0 Å². The number of hydrogen-bond donors (Lipinski definition) is 1. The van der Waals surface area contributed by atoms with Crippen molar-refractivity contribution in [1.82, 2.24) is 0 Å². The molecule has 3 heteroatoms. The van der Waals surface area contributed by atoms with E-state index in [0.717, 1.165) is 17.0 Å². The van der Waals surface area contributed by atoms with Crippen molar-refractivity contribution >= 4 is 11.6 Å². The zero-order valence-corrected chi connectivity index (χ0v) is 10.2. The molecule has 0 saturated heterocycles. The fourth-order valence-electron chi connectivity index (χ4n) is 1.18. The zero-order valence-electron chi connectivity index (χ0n) is 10.2. The Kier molecular flexibility index (Phi) is 4.83. The van der Waals surface area contributed by atoms with E-state index in [1.807, 2.05) is 25.1 Å². The summed E-state index contributed by atoms with van der Waals surface area (Å²) in [4.78, 5) is 10.9. The highest BCUT2D eigenvalue weighted by molar-refractivity contribution is 5.95. The second-order valence-electron chi connectivity index (χ2n) is 3.84. The lowest BCUT2D eigenvalue weighted by Gasteiger charge is -2.17. The van der Waals surface area contributed by atoms with Crippen LogP contribution in [-0.2, 0) is 4.79 Å². The minimum atomic E-state index is -0.0913. The number of unbranched alkanes of at least 4 members (excludes halogenated alkanes) is 1. The number of rotatable bonds is 1. The highest BCUT2D eigenvalue weighted by atomic mass is 16.5. The highest BCUT2D eigenvalue weighted by Gasteiger charge is 2.14. The smallest absolute Gasteiger partial charge is 0.262 e. The van der Waals surface area contributed by atoms with Crippen molar-refractivity contribution in [2.45, 2.75) is 33.6 Å². The highest BCUT2D eigenvalue weighted by Crippen LogP contribution is 2.27. The largest absolute Gasteiger partial charge is 0.482 e. The maximum atomic E-state index is 10.9. The molecule has 1 amide bonds. The van der Waals surface area contributed by atoms with Crippen LogP contribution in [0.5, 0.6) is 5.75 Å². The Bertz CT molecular complexity index is 359. The maximum Gasteiger partial charge on any atom is 0.262 e. The molecule has 1 heterocycles. The molecule has 1 aliphatic heterocycles. The number of fused-ring (bicyclic) bond motifs is 1. The Morgan fingerprint density at radius 1 is 1.31 bits per heavy atom. The summed E-state index contributed by atoms with van der Waals surface area (Å²) in [6.07, 6.45) is 2.64. The van der Waals surface area contributed by atoms with Gasteiger partial charge in [0.25, 0.3) is 5.91 Å². The third-order valence-electron chi connectivity index (χ3n) is 2.27. The molecule has 16 heavy (non-hydrogen) atoms. The Hall–Kier alpha value is -1.51. The Morgan fingerprint density at radius 3 is 2.62 bits per heavy atom. The average molecular weight is 221 g/mol. The predicted molar refractivity (Wildman–Crippen MR) is 65.9 cm³/mol. The molecule has 0 radical (unpaired) electrons. The van der Waals surface area contributed by atoms with E-state index in [1.54, 1.807) is 0 Å². The fourth-order valence-corrected chi connectivity index (χ4v) is 1.18. The molecule has 0 saturated carbocycles. The second-order valence-corrected chi connectivity index (χ2v) is 3.84. The molecule has 1 aromatic carbocycles. The number of nitrogens with one attached hydrogen (secondary N) is 1. The first-order valence-electron chi connectivity index (χ1n) is 5.70. The minimum absolute atomic E-state index is 0.0913. The molecule has 0 aliphatic carbocycles. The van der Waals surface area contributed by atoms with Crippen molar-refractivity contribution in [1.29, 1.82) is 0 Å². The van der Waals surface area contributed by atoms with Gasteiger partial charge in [-0.05, 0) is 24.6 Å². The van der Waals surface area contributed by atoms with E-state index < -0.39 is 0 Å². The predicted octanol–water partition coefficient (Wildman–Crippen LogP) is 3.13. The van der Waals surface area contributed by atoms with Crippen LogP contribution >= 0.6 is 0 Å². The van der Waals surface area contributed by atoms with Gasteiger partial charge in [0.1, 0.15) is 5.75 Å². The molecule has 88 valence electrons. The summed E-state index contributed by atoms with van der Waals surface area (Å²) in [5, 5.41) is 2.72. The molecule has 2 rings (SSSR count). The van der Waals surface area contributed by atoms with Crippen molar-refractivity contribution in [3.8, 4) is 5.75 Å². The van der Waals surface area contributed by atoms with E-state index in [0.29, 0.717) is 0 Å². The SMILES string of the molecule is CCCC.Cc1ccc2c(c1)OCC(=O)N2. The lowest BCUT2D eigenvalue weighted by atomic mass is 10.2. The standard InChI is InChI=1S/C9H9NO2.C4H10/c1-6-2-3-7-8(4-6)12-5-9(11)10-7;1-3-4-2/h2-4H,5H2,1H3,(H,10,11);3-4H2,1-2H3. The molecule has 0 bridgehead atoms. The van der Waals surface area contributed by atoms with Gasteiger partial charge in [0.2, 0.25) is 0 Å². The molecule has 0 aromatic heterocycles. The van der Waals surface area contributed by atoms with E-state index in [2.05, 4.69) is 19.2 Å². The third-order valence-corrected chi connectivity index (χ3v) is 2.27. The first-order valence-corrected chi connectivity index (χ1v) is 5.70. The van der Waals surface area contributed by atoms with E-state index in [1.165, 1.54) is 12.8 Å². The molecule has 3 nitrogen and oxygen atoms in total. The number of benzene rings is 1. The van der Waals surface area contributed by atoms with Crippen LogP contribution in [0.2, 0.25) is 0 Å². The number of aryl methyl sites for hydroxylation is 1. The number of hydrogen-bond acceptors (Lipinski definition) is 2. The molecule has 1 N–H and O–H groups in total. The van der Waals surface area contributed by atoms with Gasteiger partial charge in [-0.25, -0.2) is 0 Å². The molecular formula is C13H19NO2. The molecule has 1 aromatic rings. The normalized spacial score (nSPS) is 12.8. The number of carbonyl (C=O) groups excluding carboxylic acids is 1. The van der Waals surface area contributed by atoms with Crippen molar-refractivity contribution in [2.75, 3.05) is 11.9 Å². The first kappa shape index (κ1) is 12.6. The summed E-state index contributed by atoms with van der Waals surface area (Å²) in [6.45, 7) is 6.47. The summed E-state index contributed by atoms with van der Waals surface area (Å²) in [7, 11) is 0. The zero-order chi connectivity index (χ0) is 12.0. The van der Waals surface area contributed by atoms with Crippen molar-refractivity contribution in [3.05, 3.63) is 23.8 Å². The van der Waals surface area contributed by atoms with Crippen LogP contribution in [0.1, 0.15) is 32.3 Å². The van der Waals surface area contributed by atoms with Crippen LogP contribution in [-0.4, -0.2) is 12.5 Å². The molecule has 0 spiro atoms. The van der Waals surface area contributed by atoms with Crippen LogP contribution < -0.4 is 10.1 Å². The number of ether oxygens (including phenoxy) is 1. The van der Waals surface area contributed by atoms with E-state index in [4.69, 9.17) is 4.74 Å². The fraction of sp³-hybridized carbons (Fsp3) is 0.462. The van der Waals surface area contributed by atoms with Crippen molar-refractivity contribution in [2.24, 2.45) is 0 Å². The van der Waals surface area contributed by atoms with Crippen LogP contribution in [0.3, 0.4) is 0 Å². The summed E-state index contributed by atoms with van der Waals surface area (Å²) >= 11 is 0. The quantitative estimate of drug-likeness (QED) is 0.791. The van der Waals surface area contributed by atoms with Gasteiger partial charge in [-0.1, -0.05) is 32.8 Å². The molecule has 0 atom stereocenters. The van der Waals surface area contributed by atoms with Crippen LogP contribution in [0.25, 0.3) is 0 Å². The monoisotopic (exact) mass is 221 g/mol. The van der Waals surface area contributed by atoms with Gasteiger partial charge < -0.3 is 10.1 Å². The lowest BCUT2D eigenvalue weighted by Crippen LogP contribution is -2.25. The molecular weight excluding hydrogens is 202 g/mol. The third kappa shape index (κ3) is 3.57. The summed E-state index contributed by atoms with van der Waals surface area (Å²) in [5.41, 5.74) is 1.89. The van der Waals surface area contributed by atoms with Crippen LogP contribution in [0.15, 0.2) is 18.2 Å². The topological polar surface area (TPSA) is 38.3 Å². The van der Waals surface area contributed by atoms with Crippen LogP contribution in [0.4, 0.5) is 5.69 Å². The van der Waals surface area contributed by atoms with E-state index in [9.17, 15) is 4.79 Å². The van der Waals surface area contributed by atoms with Crippen molar-refractivity contribution < 1.29 is 9.53 Å². The maximum absolute atomic E-state index is 10.9. The first-order chi connectivity index (χ1) is 7.67. The lowest BCUT2D eigenvalue weighted by molar-refractivity contribution is -0.118. The van der Waals surface area contributed by atoms with Crippen LogP contribution in [0, 0.1) is 6.92 Å². The minimum Gasteiger partial charge on any atom is -0.482 e. The number of amides is 1. The van der Waals surface area contributed by atoms with Crippen molar-refractivity contribution in [3.63, 3.8) is 0 Å². The van der Waals surface area contributed by atoms with Gasteiger partial charge in [0.05, 0.1) is 5.69 Å². The van der Waals surface area contributed by atoms with Gasteiger partial charge in [0.15, 0.2) is 6.61 Å².